The lowest BCUT2D eigenvalue weighted by Gasteiger charge is -2.33. The van der Waals surface area contributed by atoms with Crippen molar-refractivity contribution in [2.24, 2.45) is 5.92 Å². The number of carbonyl (C=O) groups is 2. The van der Waals surface area contributed by atoms with Crippen molar-refractivity contribution >= 4 is 23.6 Å². The van der Waals surface area contributed by atoms with Crippen LogP contribution < -0.4 is 0 Å². The molecule has 4 nitrogen and oxygen atoms in total. The van der Waals surface area contributed by atoms with E-state index in [0.717, 1.165) is 31.6 Å². The van der Waals surface area contributed by atoms with E-state index in [4.69, 9.17) is 0 Å². The van der Waals surface area contributed by atoms with E-state index in [-0.39, 0.29) is 23.8 Å². The molecule has 116 valence electrons. The van der Waals surface area contributed by atoms with E-state index >= 15 is 0 Å². The molecule has 2 aliphatic heterocycles. The lowest BCUT2D eigenvalue weighted by atomic mass is 9.99. The van der Waals surface area contributed by atoms with Crippen LogP contribution in [0.4, 0.5) is 0 Å². The van der Waals surface area contributed by atoms with Crippen molar-refractivity contribution in [2.75, 3.05) is 18.2 Å². The van der Waals surface area contributed by atoms with Crippen LogP contribution in [0.2, 0.25) is 0 Å². The van der Waals surface area contributed by atoms with E-state index in [0.29, 0.717) is 12.4 Å². The number of rotatable bonds is 2. The largest absolute Gasteiger partial charge is 0.336 e. The highest BCUT2D eigenvalue weighted by Gasteiger charge is 2.42. The highest BCUT2D eigenvalue weighted by molar-refractivity contribution is 7.99. The van der Waals surface area contributed by atoms with Gasteiger partial charge in [-0.25, -0.2) is 0 Å². The fourth-order valence-electron chi connectivity index (χ4n) is 3.32. The summed E-state index contributed by atoms with van der Waals surface area (Å²) in [6.45, 7) is 1.45. The molecule has 4 rings (SSSR count). The van der Waals surface area contributed by atoms with Crippen molar-refractivity contribution in [3.8, 4) is 0 Å². The molecule has 1 saturated carbocycles. The van der Waals surface area contributed by atoms with Gasteiger partial charge < -0.3 is 9.80 Å². The number of amides is 2. The Morgan fingerprint density at radius 2 is 1.86 bits per heavy atom. The van der Waals surface area contributed by atoms with Gasteiger partial charge in [0.05, 0.1) is 5.88 Å². The third kappa shape index (κ3) is 2.51. The van der Waals surface area contributed by atoms with Crippen LogP contribution >= 0.6 is 11.8 Å². The Hall–Kier alpha value is -1.49. The minimum Gasteiger partial charge on any atom is -0.336 e. The van der Waals surface area contributed by atoms with E-state index in [9.17, 15) is 9.59 Å². The van der Waals surface area contributed by atoms with Gasteiger partial charge in [0.15, 0.2) is 0 Å². The molecule has 1 aliphatic carbocycles. The van der Waals surface area contributed by atoms with Gasteiger partial charge in [-0.2, -0.15) is 0 Å². The Morgan fingerprint density at radius 3 is 2.64 bits per heavy atom. The molecule has 0 N–H and O–H groups in total. The standard InChI is InChI=1S/C17H20N2O2S/c20-16(13-5-6-13)19-11-22-10-15(19)17(21)18-8-7-12-3-1-2-4-14(12)9-18/h1-4,13,15H,5-11H2. The molecule has 2 fully saturated rings. The number of fused-ring (bicyclic) bond motifs is 1. The second-order valence-corrected chi connectivity index (χ2v) is 7.38. The Balaban J connectivity index is 1.48. The van der Waals surface area contributed by atoms with E-state index in [1.54, 1.807) is 11.8 Å². The van der Waals surface area contributed by atoms with E-state index in [1.165, 1.54) is 11.1 Å². The zero-order chi connectivity index (χ0) is 15.1. The van der Waals surface area contributed by atoms with Gasteiger partial charge in [0.1, 0.15) is 6.04 Å². The Morgan fingerprint density at radius 1 is 1.09 bits per heavy atom. The lowest BCUT2D eigenvalue weighted by Crippen LogP contribution is -2.50. The predicted molar refractivity (Wildman–Crippen MR) is 86.2 cm³/mol. The van der Waals surface area contributed by atoms with Crippen LogP contribution in [0, 0.1) is 5.92 Å². The van der Waals surface area contributed by atoms with Gasteiger partial charge in [0, 0.05) is 24.8 Å². The number of benzene rings is 1. The molecule has 2 amide bonds. The first-order chi connectivity index (χ1) is 10.7. The van der Waals surface area contributed by atoms with Crippen LogP contribution in [-0.2, 0) is 22.6 Å². The zero-order valence-electron chi connectivity index (χ0n) is 12.5. The topological polar surface area (TPSA) is 40.6 Å². The summed E-state index contributed by atoms with van der Waals surface area (Å²) in [4.78, 5) is 29.0. The highest BCUT2D eigenvalue weighted by atomic mass is 32.2. The quantitative estimate of drug-likeness (QED) is 0.836. The van der Waals surface area contributed by atoms with Gasteiger partial charge in [-0.05, 0) is 30.4 Å². The van der Waals surface area contributed by atoms with Crippen molar-refractivity contribution in [3.63, 3.8) is 0 Å². The van der Waals surface area contributed by atoms with Gasteiger partial charge in [0.2, 0.25) is 11.8 Å². The molecule has 0 radical (unpaired) electrons. The summed E-state index contributed by atoms with van der Waals surface area (Å²) in [5, 5.41) is 0. The highest BCUT2D eigenvalue weighted by Crippen LogP contribution is 2.35. The van der Waals surface area contributed by atoms with Crippen LogP contribution in [0.15, 0.2) is 24.3 Å². The van der Waals surface area contributed by atoms with Gasteiger partial charge >= 0.3 is 0 Å². The number of nitrogens with zero attached hydrogens (tertiary/aromatic N) is 2. The smallest absolute Gasteiger partial charge is 0.246 e. The molecule has 3 aliphatic rings. The average molecular weight is 316 g/mol. The maximum absolute atomic E-state index is 12.9. The maximum atomic E-state index is 12.9. The third-order valence-corrected chi connectivity index (χ3v) is 5.83. The first-order valence-corrected chi connectivity index (χ1v) is 9.13. The van der Waals surface area contributed by atoms with Crippen LogP contribution in [0.5, 0.6) is 0 Å². The van der Waals surface area contributed by atoms with Crippen molar-refractivity contribution in [2.45, 2.75) is 31.8 Å². The molecule has 22 heavy (non-hydrogen) atoms. The van der Waals surface area contributed by atoms with Gasteiger partial charge in [-0.15, -0.1) is 11.8 Å². The summed E-state index contributed by atoms with van der Waals surface area (Å²) in [6.07, 6.45) is 2.91. The first-order valence-electron chi connectivity index (χ1n) is 7.98. The minimum absolute atomic E-state index is 0.133. The predicted octanol–water partition coefficient (Wildman–Crippen LogP) is 1.88. The molecular formula is C17H20N2O2S. The maximum Gasteiger partial charge on any atom is 0.246 e. The van der Waals surface area contributed by atoms with E-state index in [1.807, 2.05) is 15.9 Å². The molecule has 0 bridgehead atoms. The molecule has 2 heterocycles. The Labute approximate surface area is 134 Å². The molecule has 1 atom stereocenters. The van der Waals surface area contributed by atoms with Gasteiger partial charge in [-0.1, -0.05) is 24.3 Å². The molecule has 0 aromatic heterocycles. The molecule has 1 aromatic rings. The Bertz CT molecular complexity index is 614. The second-order valence-electron chi connectivity index (χ2n) is 6.38. The molecule has 1 aromatic carbocycles. The number of hydrogen-bond acceptors (Lipinski definition) is 3. The lowest BCUT2D eigenvalue weighted by molar-refractivity contribution is -0.144. The van der Waals surface area contributed by atoms with Crippen molar-refractivity contribution in [3.05, 3.63) is 35.4 Å². The monoisotopic (exact) mass is 316 g/mol. The van der Waals surface area contributed by atoms with E-state index < -0.39 is 0 Å². The van der Waals surface area contributed by atoms with Crippen LogP contribution in [0.1, 0.15) is 24.0 Å². The minimum atomic E-state index is -0.247. The summed E-state index contributed by atoms with van der Waals surface area (Å²) in [5.41, 5.74) is 2.59. The molecule has 0 spiro atoms. The normalized spacial score (nSPS) is 24.3. The summed E-state index contributed by atoms with van der Waals surface area (Å²) in [7, 11) is 0. The number of hydrogen-bond donors (Lipinski definition) is 0. The molecule has 5 heteroatoms. The molecule has 1 saturated heterocycles. The Kier molecular flexibility index (Phi) is 3.60. The van der Waals surface area contributed by atoms with Crippen molar-refractivity contribution in [1.82, 2.24) is 9.80 Å². The first kappa shape index (κ1) is 14.1. The van der Waals surface area contributed by atoms with Gasteiger partial charge in [-0.3, -0.25) is 9.59 Å². The third-order valence-electron chi connectivity index (χ3n) is 4.82. The van der Waals surface area contributed by atoms with Crippen LogP contribution in [0.3, 0.4) is 0 Å². The van der Waals surface area contributed by atoms with Gasteiger partial charge in [0.25, 0.3) is 0 Å². The molecule has 1 unspecified atom stereocenters. The number of thioether (sulfide) groups is 1. The SMILES string of the molecule is O=C(C1CSCN1C(=O)C1CC1)N1CCc2ccccc2C1. The molecular weight excluding hydrogens is 296 g/mol. The van der Waals surface area contributed by atoms with Crippen molar-refractivity contribution in [1.29, 1.82) is 0 Å². The second kappa shape index (κ2) is 5.61. The summed E-state index contributed by atoms with van der Waals surface area (Å²) >= 11 is 1.70. The van der Waals surface area contributed by atoms with Crippen molar-refractivity contribution < 1.29 is 9.59 Å². The van der Waals surface area contributed by atoms with E-state index in [2.05, 4.69) is 18.2 Å². The fraction of sp³-hybridized carbons (Fsp3) is 0.529. The summed E-state index contributed by atoms with van der Waals surface area (Å²) in [5.74, 6) is 1.94. The fourth-order valence-corrected chi connectivity index (χ4v) is 4.48. The van der Waals surface area contributed by atoms with Crippen LogP contribution in [0.25, 0.3) is 0 Å². The summed E-state index contributed by atoms with van der Waals surface area (Å²) in [6, 6.07) is 8.08. The van der Waals surface area contributed by atoms with Crippen LogP contribution in [-0.4, -0.2) is 45.8 Å². The average Bonchev–Trinajstić information content (AvgIpc) is 3.30. The summed E-state index contributed by atoms with van der Waals surface area (Å²) < 4.78 is 0. The zero-order valence-corrected chi connectivity index (χ0v) is 13.3. The number of carbonyl (C=O) groups excluding carboxylic acids is 2.